The number of likely N-dealkylation sites (N-methyl/N-ethyl adjacent to an activating group) is 1. The Morgan fingerprint density at radius 3 is 1.95 bits per heavy atom. The molecule has 0 fully saturated rings. The molecule has 0 saturated carbocycles. The second kappa shape index (κ2) is 24.2. The van der Waals surface area contributed by atoms with Crippen molar-refractivity contribution in [2.75, 3.05) is 60.9 Å². The molecule has 0 spiro atoms. The van der Waals surface area contributed by atoms with E-state index in [1.54, 1.807) is 6.26 Å². The van der Waals surface area contributed by atoms with Crippen molar-refractivity contribution in [3.05, 3.63) is 12.3 Å². The van der Waals surface area contributed by atoms with Gasteiger partial charge in [0.15, 0.2) is 0 Å². The van der Waals surface area contributed by atoms with Crippen molar-refractivity contribution in [1.29, 1.82) is 0 Å². The third-order valence-electron chi connectivity index (χ3n) is 6.51. The number of phosphoric acid groups is 1. The molecule has 40 heavy (non-hydrogen) atoms. The molecule has 0 aromatic rings. The Labute approximate surface area is 248 Å². The van der Waals surface area contributed by atoms with Crippen LogP contribution in [0.4, 0.5) is 0 Å². The lowest BCUT2D eigenvalue weighted by atomic mass is 10.0. The minimum Gasteiger partial charge on any atom is -0.756 e. The van der Waals surface area contributed by atoms with Crippen LogP contribution in [0.2, 0.25) is 25.7 Å². The molecule has 0 aliphatic heterocycles. The van der Waals surface area contributed by atoms with Crippen molar-refractivity contribution in [3.63, 3.8) is 0 Å². The van der Waals surface area contributed by atoms with Crippen LogP contribution >= 0.6 is 7.82 Å². The van der Waals surface area contributed by atoms with Crippen molar-refractivity contribution in [3.8, 4) is 0 Å². The molecule has 0 aliphatic carbocycles. The summed E-state index contributed by atoms with van der Waals surface area (Å²) in [6.45, 7) is 10.4. The van der Waals surface area contributed by atoms with E-state index in [0.29, 0.717) is 17.6 Å². The molecule has 0 aromatic heterocycles. The molecule has 0 rings (SSSR count). The molecule has 240 valence electrons. The smallest absolute Gasteiger partial charge is 0.268 e. The molecule has 0 aliphatic rings. The molecule has 0 radical (unpaired) electrons. The highest BCUT2D eigenvalue weighted by atomic mass is 31.2. The Balaban J connectivity index is 4.19. The molecular weight excluding hydrogens is 545 g/mol. The first-order valence-electron chi connectivity index (χ1n) is 15.7. The van der Waals surface area contributed by atoms with Gasteiger partial charge in [-0.25, -0.2) is 0 Å². The third-order valence-corrected chi connectivity index (χ3v) is 9.18. The van der Waals surface area contributed by atoms with Gasteiger partial charge in [-0.05, 0) is 25.0 Å². The van der Waals surface area contributed by atoms with Crippen LogP contribution < -0.4 is 4.89 Å². The Kier molecular flexibility index (Phi) is 24.1. The number of nitrogens with zero attached hydrogens (tertiary/aromatic N) is 1. The fourth-order valence-electron chi connectivity index (χ4n) is 3.77. The van der Waals surface area contributed by atoms with E-state index in [1.165, 1.54) is 70.6 Å². The average Bonchev–Trinajstić information content (AvgIpc) is 2.84. The number of unbranched alkanes of at least 4 members (excludes halogenated alkanes) is 12. The number of rotatable bonds is 29. The Bertz CT molecular complexity index is 653. The van der Waals surface area contributed by atoms with Crippen LogP contribution in [0.3, 0.4) is 0 Å². The van der Waals surface area contributed by atoms with Gasteiger partial charge in [0, 0.05) is 14.7 Å². The van der Waals surface area contributed by atoms with Gasteiger partial charge in [-0.3, -0.25) is 4.57 Å². The van der Waals surface area contributed by atoms with Crippen molar-refractivity contribution >= 4 is 15.9 Å². The summed E-state index contributed by atoms with van der Waals surface area (Å²) in [6.07, 6.45) is 20.1. The summed E-state index contributed by atoms with van der Waals surface area (Å²) in [4.78, 5) is 12.2. The highest BCUT2D eigenvalue weighted by molar-refractivity contribution is 7.45. The van der Waals surface area contributed by atoms with Gasteiger partial charge in [0.05, 0.1) is 34.0 Å². The van der Waals surface area contributed by atoms with E-state index in [4.69, 9.17) is 23.3 Å². The van der Waals surface area contributed by atoms with Crippen LogP contribution in [0.1, 0.15) is 90.4 Å². The lowest BCUT2D eigenvalue weighted by Crippen LogP contribution is -2.37. The van der Waals surface area contributed by atoms with E-state index in [0.717, 1.165) is 18.9 Å². The molecule has 0 aromatic carbocycles. The predicted octanol–water partition coefficient (Wildman–Crippen LogP) is 7.51. The van der Waals surface area contributed by atoms with Crippen molar-refractivity contribution < 1.29 is 37.2 Å². The predicted molar refractivity (Wildman–Crippen MR) is 167 cm³/mol. The number of quaternary nitrogens is 1. The number of ether oxygens (including phenoxy) is 3. The molecule has 0 saturated heterocycles. The van der Waals surface area contributed by atoms with Gasteiger partial charge in [-0.2, -0.15) is 0 Å². The molecule has 10 heteroatoms. The maximum Gasteiger partial charge on any atom is 0.268 e. The number of allylic oxidation sites excluding steroid dienone is 1. The van der Waals surface area contributed by atoms with Crippen LogP contribution in [0.25, 0.3) is 0 Å². The van der Waals surface area contributed by atoms with Gasteiger partial charge in [0.25, 0.3) is 7.82 Å². The first-order chi connectivity index (χ1) is 18.8. The van der Waals surface area contributed by atoms with Crippen LogP contribution in [-0.4, -0.2) is 79.6 Å². The summed E-state index contributed by atoms with van der Waals surface area (Å²) in [5.74, 6) is 0. The molecule has 0 N–H and O–H groups in total. The summed E-state index contributed by atoms with van der Waals surface area (Å²) in [6, 6.07) is 1.03. The molecule has 0 bridgehead atoms. The van der Waals surface area contributed by atoms with Crippen LogP contribution in [-0.2, 0) is 27.8 Å². The SMILES string of the molecule is CCCCCCCCCCCCCC/C=C\OC[C@H](COP(=O)([O-])OCC[N+](C)(C)C)OCOCC[Si](C)(C)C. The van der Waals surface area contributed by atoms with Gasteiger partial charge in [-0.15, -0.1) is 0 Å². The fraction of sp³-hybridized carbons (Fsp3) is 0.933. The molecule has 2 atom stereocenters. The highest BCUT2D eigenvalue weighted by Crippen LogP contribution is 2.38. The summed E-state index contributed by atoms with van der Waals surface area (Å²) in [5.41, 5.74) is 0. The average molecular weight is 610 g/mol. The van der Waals surface area contributed by atoms with Gasteiger partial charge in [-0.1, -0.05) is 97.2 Å². The number of phosphoric ester groups is 1. The van der Waals surface area contributed by atoms with Crippen LogP contribution in [0, 0.1) is 0 Å². The van der Waals surface area contributed by atoms with Crippen LogP contribution in [0.5, 0.6) is 0 Å². The Hall–Kier alpha value is -0.253. The zero-order valence-corrected chi connectivity index (χ0v) is 29.0. The third kappa shape index (κ3) is 30.7. The Morgan fingerprint density at radius 1 is 0.825 bits per heavy atom. The van der Waals surface area contributed by atoms with Crippen molar-refractivity contribution in [1.82, 2.24) is 0 Å². The van der Waals surface area contributed by atoms with Gasteiger partial charge in [0.2, 0.25) is 0 Å². The second-order valence-corrected chi connectivity index (χ2v) is 20.1. The van der Waals surface area contributed by atoms with E-state index >= 15 is 0 Å². The van der Waals surface area contributed by atoms with Gasteiger partial charge in [0.1, 0.15) is 32.7 Å². The van der Waals surface area contributed by atoms with Gasteiger partial charge >= 0.3 is 0 Å². The standard InChI is InChI=1S/C30H64NO7PSi/c1-8-9-10-11-12-13-14-15-16-17-18-19-20-21-23-34-27-30(36-29-35-25-26-40(5,6)7)28-38-39(32,33)37-24-22-31(2,3)4/h21,23,30H,8-20,22,24-29H2,1-7H3/b23-21-/t30-/m1/s1. The topological polar surface area (TPSA) is 86.3 Å². The van der Waals surface area contributed by atoms with E-state index in [2.05, 4.69) is 26.6 Å². The largest absolute Gasteiger partial charge is 0.756 e. The Morgan fingerprint density at radius 2 is 1.40 bits per heavy atom. The molecule has 1 unspecified atom stereocenters. The zero-order valence-electron chi connectivity index (χ0n) is 27.1. The molecule has 0 amide bonds. The second-order valence-electron chi connectivity index (χ2n) is 13.1. The van der Waals surface area contributed by atoms with Crippen LogP contribution in [0.15, 0.2) is 12.3 Å². The van der Waals surface area contributed by atoms with E-state index in [1.807, 2.05) is 27.2 Å². The number of hydrogen-bond donors (Lipinski definition) is 0. The quantitative estimate of drug-likeness (QED) is 0.0217. The normalized spacial score (nSPS) is 15.0. The van der Waals surface area contributed by atoms with E-state index in [9.17, 15) is 9.46 Å². The molecular formula is C30H64NO7PSi. The van der Waals surface area contributed by atoms with Crippen molar-refractivity contribution in [2.45, 2.75) is 122 Å². The monoisotopic (exact) mass is 609 g/mol. The maximum atomic E-state index is 12.2. The summed E-state index contributed by atoms with van der Waals surface area (Å²) >= 11 is 0. The van der Waals surface area contributed by atoms with Gasteiger partial charge < -0.3 is 32.6 Å². The first kappa shape index (κ1) is 39.7. The highest BCUT2D eigenvalue weighted by Gasteiger charge is 2.18. The zero-order chi connectivity index (χ0) is 30.2. The van der Waals surface area contributed by atoms with E-state index < -0.39 is 22.0 Å². The lowest BCUT2D eigenvalue weighted by Gasteiger charge is -2.28. The summed E-state index contributed by atoms with van der Waals surface area (Å²) in [7, 11) is 0.285. The van der Waals surface area contributed by atoms with E-state index in [-0.39, 0.29) is 26.6 Å². The fourth-order valence-corrected chi connectivity index (χ4v) is 5.25. The molecule has 8 nitrogen and oxygen atoms in total. The minimum atomic E-state index is -4.42. The minimum absolute atomic E-state index is 0.0635. The molecule has 0 heterocycles. The first-order valence-corrected chi connectivity index (χ1v) is 20.9. The van der Waals surface area contributed by atoms with Crippen molar-refractivity contribution in [2.24, 2.45) is 0 Å². The summed E-state index contributed by atoms with van der Waals surface area (Å²) in [5, 5.41) is 0. The lowest BCUT2D eigenvalue weighted by molar-refractivity contribution is -0.870. The summed E-state index contributed by atoms with van der Waals surface area (Å²) < 4.78 is 39.8. The number of hydrogen-bond acceptors (Lipinski definition) is 7. The maximum absolute atomic E-state index is 12.2.